The number of benzene rings is 1. The van der Waals surface area contributed by atoms with Crippen molar-refractivity contribution in [2.24, 2.45) is 7.05 Å². The molecule has 0 fully saturated rings. The van der Waals surface area contributed by atoms with Crippen LogP contribution in [0.25, 0.3) is 11.3 Å². The second-order valence-corrected chi connectivity index (χ2v) is 5.10. The molecular weight excluding hydrogens is 315 g/mol. The lowest BCUT2D eigenvalue weighted by Gasteiger charge is -2.08. The van der Waals surface area contributed by atoms with Crippen molar-refractivity contribution in [3.8, 4) is 23.1 Å². The molecule has 120 valence electrons. The van der Waals surface area contributed by atoms with Gasteiger partial charge in [0.1, 0.15) is 0 Å². The molecule has 2 heterocycles. The Morgan fingerprint density at radius 1 is 1.00 bits per heavy atom. The van der Waals surface area contributed by atoms with Gasteiger partial charge in [0.05, 0.1) is 23.0 Å². The maximum absolute atomic E-state index is 12.7. The highest BCUT2D eigenvalue weighted by Gasteiger charge is 2.30. The summed E-state index contributed by atoms with van der Waals surface area (Å²) in [5.74, 6) is 5.97. The first-order chi connectivity index (χ1) is 11.4. The van der Waals surface area contributed by atoms with Crippen molar-refractivity contribution < 1.29 is 13.2 Å². The average Bonchev–Trinajstić information content (AvgIpc) is 2.94. The predicted molar refractivity (Wildman–Crippen MR) is 83.9 cm³/mol. The van der Waals surface area contributed by atoms with Crippen molar-refractivity contribution in [2.75, 3.05) is 0 Å². The first kappa shape index (κ1) is 15.8. The van der Waals surface area contributed by atoms with Gasteiger partial charge in [0.2, 0.25) is 0 Å². The highest BCUT2D eigenvalue weighted by molar-refractivity contribution is 5.68. The van der Waals surface area contributed by atoms with E-state index in [9.17, 15) is 13.2 Å². The molecule has 0 aliphatic carbocycles. The number of alkyl halides is 3. The van der Waals surface area contributed by atoms with Crippen LogP contribution in [0.1, 0.15) is 16.7 Å². The Kier molecular flexibility index (Phi) is 4.09. The van der Waals surface area contributed by atoms with Gasteiger partial charge in [-0.25, -0.2) is 0 Å². The zero-order valence-electron chi connectivity index (χ0n) is 12.7. The van der Waals surface area contributed by atoms with Gasteiger partial charge < -0.3 is 0 Å². The zero-order valence-corrected chi connectivity index (χ0v) is 12.7. The molecule has 24 heavy (non-hydrogen) atoms. The van der Waals surface area contributed by atoms with E-state index >= 15 is 0 Å². The molecule has 0 aliphatic heterocycles. The van der Waals surface area contributed by atoms with Crippen LogP contribution in [-0.4, -0.2) is 14.8 Å². The first-order valence-corrected chi connectivity index (χ1v) is 7.07. The van der Waals surface area contributed by atoms with Crippen LogP contribution in [0.4, 0.5) is 13.2 Å². The summed E-state index contributed by atoms with van der Waals surface area (Å²) in [7, 11) is 1.72. The van der Waals surface area contributed by atoms with Crippen LogP contribution in [0.5, 0.6) is 0 Å². The van der Waals surface area contributed by atoms with Crippen molar-refractivity contribution >= 4 is 0 Å². The number of rotatable bonds is 1. The average molecular weight is 327 g/mol. The fraction of sp³-hybridized carbons (Fsp3) is 0.111. The normalized spacial score (nSPS) is 11.0. The van der Waals surface area contributed by atoms with Crippen LogP contribution in [-0.2, 0) is 13.2 Å². The summed E-state index contributed by atoms with van der Waals surface area (Å²) < 4.78 is 39.6. The van der Waals surface area contributed by atoms with Crippen molar-refractivity contribution in [3.05, 3.63) is 71.7 Å². The quantitative estimate of drug-likeness (QED) is 0.635. The van der Waals surface area contributed by atoms with Crippen LogP contribution in [0, 0.1) is 11.8 Å². The smallest absolute Gasteiger partial charge is 0.267 e. The molecule has 2 aromatic heterocycles. The molecule has 0 amide bonds. The van der Waals surface area contributed by atoms with Gasteiger partial charge in [0.15, 0.2) is 0 Å². The van der Waals surface area contributed by atoms with Gasteiger partial charge in [-0.15, -0.1) is 0 Å². The van der Waals surface area contributed by atoms with Gasteiger partial charge >= 0.3 is 6.18 Å². The SMILES string of the molecule is Cn1ncc(C#Cc2cccnc2)c1-c1ccc(C(F)(F)F)cc1. The van der Waals surface area contributed by atoms with Crippen LogP contribution in [0.15, 0.2) is 55.0 Å². The van der Waals surface area contributed by atoms with Gasteiger partial charge in [-0.3, -0.25) is 9.67 Å². The lowest BCUT2D eigenvalue weighted by atomic mass is 10.1. The Balaban J connectivity index is 1.98. The summed E-state index contributed by atoms with van der Waals surface area (Å²) in [6, 6.07) is 8.57. The van der Waals surface area contributed by atoms with Gasteiger partial charge in [-0.05, 0) is 24.3 Å². The van der Waals surface area contributed by atoms with Crippen molar-refractivity contribution in [1.82, 2.24) is 14.8 Å². The number of pyridine rings is 1. The summed E-state index contributed by atoms with van der Waals surface area (Å²) in [5, 5.41) is 4.15. The minimum absolute atomic E-state index is 0.624. The van der Waals surface area contributed by atoms with Gasteiger partial charge in [-0.1, -0.05) is 24.0 Å². The van der Waals surface area contributed by atoms with Crippen LogP contribution in [0.2, 0.25) is 0 Å². The fourth-order valence-electron chi connectivity index (χ4n) is 2.26. The fourth-order valence-corrected chi connectivity index (χ4v) is 2.26. The molecule has 3 rings (SSSR count). The molecule has 0 saturated heterocycles. The van der Waals surface area contributed by atoms with E-state index in [1.807, 2.05) is 6.07 Å². The Labute approximate surface area is 136 Å². The molecule has 0 radical (unpaired) electrons. The summed E-state index contributed by atoms with van der Waals surface area (Å²) in [6.07, 6.45) is 0.536. The van der Waals surface area contributed by atoms with E-state index in [2.05, 4.69) is 21.9 Å². The van der Waals surface area contributed by atoms with Crippen molar-refractivity contribution in [2.45, 2.75) is 6.18 Å². The molecule has 0 N–H and O–H groups in total. The van der Waals surface area contributed by atoms with E-state index in [1.165, 1.54) is 12.1 Å². The predicted octanol–water partition coefficient (Wildman–Crippen LogP) is 3.90. The summed E-state index contributed by atoms with van der Waals surface area (Å²) >= 11 is 0. The number of hydrogen-bond donors (Lipinski definition) is 0. The molecule has 0 spiro atoms. The van der Waals surface area contributed by atoms with E-state index in [0.29, 0.717) is 16.8 Å². The molecule has 0 atom stereocenters. The maximum Gasteiger partial charge on any atom is 0.416 e. The highest BCUT2D eigenvalue weighted by Crippen LogP contribution is 2.31. The monoisotopic (exact) mass is 327 g/mol. The third-order valence-electron chi connectivity index (χ3n) is 3.43. The highest BCUT2D eigenvalue weighted by atomic mass is 19.4. The molecule has 3 aromatic rings. The Hall–Kier alpha value is -3.07. The summed E-state index contributed by atoms with van der Waals surface area (Å²) in [5.41, 5.74) is 2.00. The molecule has 3 nitrogen and oxygen atoms in total. The van der Waals surface area contributed by atoms with E-state index in [-0.39, 0.29) is 0 Å². The third-order valence-corrected chi connectivity index (χ3v) is 3.43. The number of nitrogens with zero attached hydrogens (tertiary/aromatic N) is 3. The minimum Gasteiger partial charge on any atom is -0.267 e. The molecule has 0 saturated carbocycles. The third kappa shape index (κ3) is 3.30. The van der Waals surface area contributed by atoms with Crippen molar-refractivity contribution in [1.29, 1.82) is 0 Å². The minimum atomic E-state index is -4.35. The zero-order chi connectivity index (χ0) is 17.2. The Bertz CT molecular complexity index is 899. The second-order valence-electron chi connectivity index (χ2n) is 5.10. The number of aryl methyl sites for hydroxylation is 1. The lowest BCUT2D eigenvalue weighted by Crippen LogP contribution is -2.04. The molecule has 1 aromatic carbocycles. The van der Waals surface area contributed by atoms with Gasteiger partial charge in [0.25, 0.3) is 0 Å². The Morgan fingerprint density at radius 3 is 2.38 bits per heavy atom. The second kappa shape index (κ2) is 6.20. The molecular formula is C18H12F3N3. The molecule has 6 heteroatoms. The number of hydrogen-bond acceptors (Lipinski definition) is 2. The number of aromatic nitrogens is 3. The molecule has 0 unspecified atom stereocenters. The number of halogens is 3. The van der Waals surface area contributed by atoms with E-state index < -0.39 is 11.7 Å². The first-order valence-electron chi connectivity index (χ1n) is 7.07. The summed E-state index contributed by atoms with van der Waals surface area (Å²) in [4.78, 5) is 3.99. The van der Waals surface area contributed by atoms with Crippen molar-refractivity contribution in [3.63, 3.8) is 0 Å². The molecule has 0 bridgehead atoms. The van der Waals surface area contributed by atoms with Crippen LogP contribution < -0.4 is 0 Å². The van der Waals surface area contributed by atoms with Crippen LogP contribution in [0.3, 0.4) is 0 Å². The maximum atomic E-state index is 12.7. The largest absolute Gasteiger partial charge is 0.416 e. The van der Waals surface area contributed by atoms with E-state index in [0.717, 1.165) is 17.7 Å². The molecule has 0 aliphatic rings. The Morgan fingerprint density at radius 2 is 1.75 bits per heavy atom. The van der Waals surface area contributed by atoms with Gasteiger partial charge in [-0.2, -0.15) is 18.3 Å². The van der Waals surface area contributed by atoms with Crippen LogP contribution >= 0.6 is 0 Å². The topological polar surface area (TPSA) is 30.7 Å². The van der Waals surface area contributed by atoms with E-state index in [1.54, 1.807) is 36.4 Å². The summed E-state index contributed by atoms with van der Waals surface area (Å²) in [6.45, 7) is 0. The van der Waals surface area contributed by atoms with Gasteiger partial charge in [0, 0.05) is 30.6 Å². The lowest BCUT2D eigenvalue weighted by molar-refractivity contribution is -0.137. The standard InChI is InChI=1S/C18H12F3N3/c1-24-17(14-6-8-16(9-7-14)18(19,20)21)15(12-23-24)5-4-13-3-2-10-22-11-13/h2-3,6-12H,1H3. The van der Waals surface area contributed by atoms with E-state index in [4.69, 9.17) is 0 Å².